The molecular weight excluding hydrogens is 336 g/mol. The number of rotatable bonds is 7. The quantitative estimate of drug-likeness (QED) is 0.585. The second kappa shape index (κ2) is 8.80. The fraction of sp³-hybridized carbons (Fsp3) is 0.526. The Kier molecular flexibility index (Phi) is 6.74. The maximum absolute atomic E-state index is 12.5. The molecule has 1 aromatic carbocycles. The van der Waals surface area contributed by atoms with Gasteiger partial charge in [-0.1, -0.05) is 19.1 Å². The van der Waals surface area contributed by atoms with E-state index in [4.69, 9.17) is 9.47 Å². The molecule has 0 saturated carbocycles. The fourth-order valence-corrected chi connectivity index (χ4v) is 3.20. The van der Waals surface area contributed by atoms with Gasteiger partial charge in [-0.2, -0.15) is 0 Å². The average Bonchev–Trinajstić information content (AvgIpc) is 2.68. The molecule has 7 nitrogen and oxygen atoms in total. The Balaban J connectivity index is 2.21. The van der Waals surface area contributed by atoms with Crippen LogP contribution >= 0.6 is 0 Å². The Morgan fingerprint density at radius 3 is 2.35 bits per heavy atom. The summed E-state index contributed by atoms with van der Waals surface area (Å²) in [6.45, 7) is 3.08. The molecule has 7 heteroatoms. The molecule has 0 atom stereocenters. The van der Waals surface area contributed by atoms with E-state index in [-0.39, 0.29) is 24.3 Å². The number of para-hydroxylation sites is 1. The average molecular weight is 362 g/mol. The number of ether oxygens (including phenoxy) is 2. The number of hydrogen-bond acceptors (Lipinski definition) is 7. The third-order valence-corrected chi connectivity index (χ3v) is 4.79. The van der Waals surface area contributed by atoms with Crippen molar-refractivity contribution in [2.45, 2.75) is 31.7 Å². The summed E-state index contributed by atoms with van der Waals surface area (Å²) >= 11 is 0. The number of ketones is 1. The van der Waals surface area contributed by atoms with Crippen molar-refractivity contribution in [1.29, 1.82) is 0 Å². The van der Waals surface area contributed by atoms with Gasteiger partial charge >= 0.3 is 11.9 Å². The zero-order valence-corrected chi connectivity index (χ0v) is 15.5. The summed E-state index contributed by atoms with van der Waals surface area (Å²) in [5.41, 5.74) is 0.271. The first-order chi connectivity index (χ1) is 12.5. The highest BCUT2D eigenvalue weighted by Crippen LogP contribution is 2.30. The predicted molar refractivity (Wildman–Crippen MR) is 97.1 cm³/mol. The smallest absolute Gasteiger partial charge is 0.331 e. The molecule has 1 heterocycles. The standard InChI is InChI=1S/C19H26N2O5/c1-4-16(22)14-7-5-6-8-15(14)20-19(18(24)26-3)9-11-21(12-10-19)13-17(23)25-2/h5-8,20H,4,9-13H2,1-3H3. The van der Waals surface area contributed by atoms with Crippen LogP contribution in [0.25, 0.3) is 0 Å². The highest BCUT2D eigenvalue weighted by Gasteiger charge is 2.43. The number of likely N-dealkylation sites (tertiary alicyclic amines) is 1. The molecule has 0 spiro atoms. The van der Waals surface area contributed by atoms with Gasteiger partial charge in [-0.05, 0) is 25.0 Å². The van der Waals surface area contributed by atoms with E-state index >= 15 is 0 Å². The molecule has 0 radical (unpaired) electrons. The van der Waals surface area contributed by atoms with E-state index in [1.165, 1.54) is 14.2 Å². The van der Waals surface area contributed by atoms with E-state index in [1.807, 2.05) is 11.0 Å². The summed E-state index contributed by atoms with van der Waals surface area (Å²) in [5, 5.41) is 3.28. The number of esters is 2. The Hall–Kier alpha value is -2.41. The van der Waals surface area contributed by atoms with Crippen molar-refractivity contribution in [3.63, 3.8) is 0 Å². The first-order valence-electron chi connectivity index (χ1n) is 8.73. The minimum absolute atomic E-state index is 0.0104. The van der Waals surface area contributed by atoms with Gasteiger partial charge < -0.3 is 14.8 Å². The van der Waals surface area contributed by atoms with Crippen molar-refractivity contribution in [2.24, 2.45) is 0 Å². The Morgan fingerprint density at radius 1 is 1.12 bits per heavy atom. The van der Waals surface area contributed by atoms with Crippen LogP contribution in [0.5, 0.6) is 0 Å². The maximum atomic E-state index is 12.5. The monoisotopic (exact) mass is 362 g/mol. The Bertz CT molecular complexity index is 666. The molecule has 1 aliphatic rings. The summed E-state index contributed by atoms with van der Waals surface area (Å²) in [6, 6.07) is 7.18. The zero-order chi connectivity index (χ0) is 19.2. The van der Waals surface area contributed by atoms with Gasteiger partial charge in [-0.15, -0.1) is 0 Å². The van der Waals surface area contributed by atoms with E-state index in [9.17, 15) is 14.4 Å². The summed E-state index contributed by atoms with van der Waals surface area (Å²) in [7, 11) is 2.71. The summed E-state index contributed by atoms with van der Waals surface area (Å²) in [4.78, 5) is 38.2. The van der Waals surface area contributed by atoms with Crippen LogP contribution in [0.2, 0.25) is 0 Å². The van der Waals surface area contributed by atoms with Crippen molar-refractivity contribution in [2.75, 3.05) is 39.2 Å². The Morgan fingerprint density at radius 2 is 1.77 bits per heavy atom. The van der Waals surface area contributed by atoms with Crippen molar-refractivity contribution in [3.05, 3.63) is 29.8 Å². The molecule has 142 valence electrons. The van der Waals surface area contributed by atoms with Crippen LogP contribution < -0.4 is 5.32 Å². The van der Waals surface area contributed by atoms with Crippen molar-refractivity contribution in [3.8, 4) is 0 Å². The number of anilines is 1. The molecule has 0 aromatic heterocycles. The molecule has 1 aromatic rings. The highest BCUT2D eigenvalue weighted by atomic mass is 16.5. The fourth-order valence-electron chi connectivity index (χ4n) is 3.20. The van der Waals surface area contributed by atoms with Crippen LogP contribution in [0.4, 0.5) is 5.69 Å². The number of Topliss-reactive ketones (excluding diaryl/α,β-unsaturated/α-hetero) is 1. The van der Waals surface area contributed by atoms with Gasteiger partial charge in [0.2, 0.25) is 0 Å². The lowest BCUT2D eigenvalue weighted by Crippen LogP contribution is -2.55. The van der Waals surface area contributed by atoms with Crippen molar-refractivity contribution in [1.82, 2.24) is 4.90 Å². The molecular formula is C19H26N2O5. The highest BCUT2D eigenvalue weighted by molar-refractivity contribution is 6.01. The second-order valence-corrected chi connectivity index (χ2v) is 6.37. The van der Waals surface area contributed by atoms with Crippen LogP contribution in [0, 0.1) is 0 Å². The van der Waals surface area contributed by atoms with Crippen LogP contribution in [0.15, 0.2) is 24.3 Å². The number of benzene rings is 1. The SMILES string of the molecule is CCC(=O)c1ccccc1NC1(C(=O)OC)CCN(CC(=O)OC)CC1. The van der Waals surface area contributed by atoms with Gasteiger partial charge in [-0.25, -0.2) is 4.79 Å². The minimum Gasteiger partial charge on any atom is -0.468 e. The van der Waals surface area contributed by atoms with E-state index < -0.39 is 5.54 Å². The normalized spacial score (nSPS) is 16.6. The summed E-state index contributed by atoms with van der Waals surface area (Å²) in [5.74, 6) is -0.660. The molecule has 26 heavy (non-hydrogen) atoms. The summed E-state index contributed by atoms with van der Waals surface area (Å²) < 4.78 is 9.73. The molecule has 1 aliphatic heterocycles. The van der Waals surface area contributed by atoms with Crippen molar-refractivity contribution < 1.29 is 23.9 Å². The third-order valence-electron chi connectivity index (χ3n) is 4.79. The predicted octanol–water partition coefficient (Wildman–Crippen LogP) is 1.87. The lowest BCUT2D eigenvalue weighted by atomic mass is 9.86. The second-order valence-electron chi connectivity index (χ2n) is 6.37. The molecule has 1 saturated heterocycles. The lowest BCUT2D eigenvalue weighted by Gasteiger charge is -2.40. The lowest BCUT2D eigenvalue weighted by molar-refractivity contribution is -0.148. The maximum Gasteiger partial charge on any atom is 0.331 e. The molecule has 0 bridgehead atoms. The van der Waals surface area contributed by atoms with Gasteiger partial charge in [0.05, 0.1) is 20.8 Å². The van der Waals surface area contributed by atoms with Crippen LogP contribution in [-0.2, 0) is 19.1 Å². The van der Waals surface area contributed by atoms with Crippen LogP contribution in [0.1, 0.15) is 36.5 Å². The Labute approximate surface area is 153 Å². The van der Waals surface area contributed by atoms with Gasteiger partial charge in [0.1, 0.15) is 5.54 Å². The van der Waals surface area contributed by atoms with Gasteiger partial charge in [0.25, 0.3) is 0 Å². The van der Waals surface area contributed by atoms with E-state index in [0.29, 0.717) is 43.6 Å². The number of methoxy groups -OCH3 is 2. The third kappa shape index (κ3) is 4.40. The van der Waals surface area contributed by atoms with Crippen LogP contribution in [-0.4, -0.2) is 62.0 Å². The number of nitrogens with one attached hydrogen (secondary N) is 1. The van der Waals surface area contributed by atoms with Crippen molar-refractivity contribution >= 4 is 23.4 Å². The zero-order valence-electron chi connectivity index (χ0n) is 15.5. The molecule has 0 amide bonds. The van der Waals surface area contributed by atoms with E-state index in [2.05, 4.69) is 5.32 Å². The van der Waals surface area contributed by atoms with Gasteiger partial charge in [0, 0.05) is 30.8 Å². The van der Waals surface area contributed by atoms with Crippen LogP contribution in [0.3, 0.4) is 0 Å². The molecule has 1 fully saturated rings. The summed E-state index contributed by atoms with van der Waals surface area (Å²) in [6.07, 6.45) is 1.31. The number of carbonyl (C=O) groups is 3. The minimum atomic E-state index is -0.925. The largest absolute Gasteiger partial charge is 0.468 e. The molecule has 0 aliphatic carbocycles. The first-order valence-corrected chi connectivity index (χ1v) is 8.73. The van der Waals surface area contributed by atoms with Gasteiger partial charge in [0.15, 0.2) is 5.78 Å². The first kappa shape index (κ1) is 19.9. The topological polar surface area (TPSA) is 84.9 Å². The number of nitrogens with zero attached hydrogens (tertiary/aromatic N) is 1. The number of hydrogen-bond donors (Lipinski definition) is 1. The number of carbonyl (C=O) groups excluding carboxylic acids is 3. The molecule has 1 N–H and O–H groups in total. The number of piperidine rings is 1. The van der Waals surface area contributed by atoms with E-state index in [0.717, 1.165) is 0 Å². The molecule has 0 unspecified atom stereocenters. The van der Waals surface area contributed by atoms with Gasteiger partial charge in [-0.3, -0.25) is 14.5 Å². The van der Waals surface area contributed by atoms with E-state index in [1.54, 1.807) is 25.1 Å². The molecule has 2 rings (SSSR count).